The summed E-state index contributed by atoms with van der Waals surface area (Å²) >= 11 is 10.8. The van der Waals surface area contributed by atoms with Crippen molar-refractivity contribution in [3.8, 4) is 0 Å². The summed E-state index contributed by atoms with van der Waals surface area (Å²) in [5.74, 6) is -0.352. The summed E-state index contributed by atoms with van der Waals surface area (Å²) in [6, 6.07) is 0. The predicted molar refractivity (Wildman–Crippen MR) is 52.0 cm³/mol. The van der Waals surface area contributed by atoms with E-state index in [1.807, 2.05) is 0 Å². The first-order valence-corrected chi connectivity index (χ1v) is 4.36. The third kappa shape index (κ3) is 3.79. The minimum absolute atomic E-state index is 0.352. The van der Waals surface area contributed by atoms with Gasteiger partial charge in [0.05, 0.1) is 0 Å². The number of carbonyl (C=O) groups is 1. The van der Waals surface area contributed by atoms with Gasteiger partial charge in [-0.25, -0.2) is 0 Å². The average Bonchev–Trinajstić information content (AvgIpc) is 2.03. The van der Waals surface area contributed by atoms with Crippen molar-refractivity contribution < 1.29 is 4.79 Å². The topological polar surface area (TPSA) is 20.3 Å². The summed E-state index contributed by atoms with van der Waals surface area (Å²) in [4.78, 5) is 11.5. The van der Waals surface area contributed by atoms with Gasteiger partial charge in [0, 0.05) is 12.4 Å². The lowest BCUT2D eigenvalue weighted by atomic mass is 10.5. The Labute approximate surface area is 82.4 Å². The lowest BCUT2D eigenvalue weighted by molar-refractivity contribution is -0.124. The molecular weight excluding hydrogens is 197 g/mol. The number of allylic oxidation sites excluding steroid dienone is 2. The first-order valence-electron chi connectivity index (χ1n) is 3.49. The molecule has 0 aliphatic carbocycles. The molecule has 0 aromatic carbocycles. The maximum Gasteiger partial charge on any atom is 0.263 e. The number of hydrogen-bond donors (Lipinski definition) is 0. The van der Waals surface area contributed by atoms with Crippen molar-refractivity contribution in [2.75, 3.05) is 0 Å². The third-order valence-corrected chi connectivity index (χ3v) is 1.43. The SMILES string of the molecule is C/C=C\N(/C=C\C)C(=O)C(Cl)Cl. The molecule has 0 spiro atoms. The molecule has 0 N–H and O–H groups in total. The molecule has 0 atom stereocenters. The van der Waals surface area contributed by atoms with Crippen LogP contribution in [0.5, 0.6) is 0 Å². The highest BCUT2D eigenvalue weighted by Crippen LogP contribution is 2.07. The van der Waals surface area contributed by atoms with E-state index in [1.54, 1.807) is 38.4 Å². The second kappa shape index (κ2) is 6.09. The molecule has 0 unspecified atom stereocenters. The zero-order valence-corrected chi connectivity index (χ0v) is 8.51. The molecule has 0 aromatic heterocycles. The van der Waals surface area contributed by atoms with E-state index >= 15 is 0 Å². The number of amides is 1. The molecule has 0 rings (SSSR count). The summed E-state index contributed by atoms with van der Waals surface area (Å²) in [5, 5.41) is 0. The smallest absolute Gasteiger partial charge is 0.263 e. The molecular formula is C8H11Cl2NO. The van der Waals surface area contributed by atoms with Crippen molar-refractivity contribution in [1.82, 2.24) is 4.90 Å². The Bertz CT molecular complexity index is 187. The van der Waals surface area contributed by atoms with Gasteiger partial charge in [-0.05, 0) is 13.8 Å². The zero-order valence-electron chi connectivity index (χ0n) is 7.00. The van der Waals surface area contributed by atoms with Gasteiger partial charge < -0.3 is 0 Å². The van der Waals surface area contributed by atoms with Crippen molar-refractivity contribution in [2.24, 2.45) is 0 Å². The molecule has 2 nitrogen and oxygen atoms in total. The Hall–Kier alpha value is -0.470. The average molecular weight is 208 g/mol. The zero-order chi connectivity index (χ0) is 9.56. The van der Waals surface area contributed by atoms with Crippen LogP contribution in [0.3, 0.4) is 0 Å². The van der Waals surface area contributed by atoms with E-state index in [-0.39, 0.29) is 5.91 Å². The van der Waals surface area contributed by atoms with Crippen LogP contribution in [0, 0.1) is 0 Å². The number of carbonyl (C=O) groups excluding carboxylic acids is 1. The largest absolute Gasteiger partial charge is 0.293 e. The van der Waals surface area contributed by atoms with Crippen LogP contribution in [-0.4, -0.2) is 15.6 Å². The highest BCUT2D eigenvalue weighted by molar-refractivity contribution is 6.53. The predicted octanol–water partition coefficient (Wildman–Crippen LogP) is 2.69. The lowest BCUT2D eigenvalue weighted by Crippen LogP contribution is -2.25. The number of hydrogen-bond acceptors (Lipinski definition) is 1. The van der Waals surface area contributed by atoms with Crippen LogP contribution in [0.15, 0.2) is 24.6 Å². The third-order valence-electron chi connectivity index (χ3n) is 1.06. The van der Waals surface area contributed by atoms with Gasteiger partial charge in [-0.15, -0.1) is 0 Å². The maximum absolute atomic E-state index is 11.2. The van der Waals surface area contributed by atoms with E-state index in [0.29, 0.717) is 0 Å². The van der Waals surface area contributed by atoms with E-state index in [4.69, 9.17) is 23.2 Å². The molecule has 0 fully saturated rings. The Kier molecular flexibility index (Phi) is 5.85. The quantitative estimate of drug-likeness (QED) is 0.653. The fraction of sp³-hybridized carbons (Fsp3) is 0.375. The molecule has 0 aliphatic heterocycles. The van der Waals surface area contributed by atoms with E-state index in [1.165, 1.54) is 4.90 Å². The van der Waals surface area contributed by atoms with E-state index in [9.17, 15) is 4.79 Å². The fourth-order valence-electron chi connectivity index (χ4n) is 0.631. The van der Waals surface area contributed by atoms with Crippen LogP contribution in [0.2, 0.25) is 0 Å². The van der Waals surface area contributed by atoms with Crippen LogP contribution in [0.4, 0.5) is 0 Å². The van der Waals surface area contributed by atoms with Gasteiger partial charge in [-0.1, -0.05) is 35.4 Å². The van der Waals surface area contributed by atoms with Gasteiger partial charge in [-0.2, -0.15) is 0 Å². The van der Waals surface area contributed by atoms with E-state index in [2.05, 4.69) is 0 Å². The van der Waals surface area contributed by atoms with Gasteiger partial charge in [0.25, 0.3) is 5.91 Å². The minimum atomic E-state index is -1.02. The first kappa shape index (κ1) is 11.5. The standard InChI is InChI=1S/C8H11Cl2NO/c1-3-5-11(6-4-2)8(12)7(9)10/h3-7H,1-2H3/b5-3-,6-4-. The first-order chi connectivity index (χ1) is 5.63. The number of rotatable bonds is 3. The molecule has 0 saturated heterocycles. The molecule has 0 aromatic rings. The number of alkyl halides is 2. The monoisotopic (exact) mass is 207 g/mol. The molecule has 12 heavy (non-hydrogen) atoms. The highest BCUT2D eigenvalue weighted by atomic mass is 35.5. The maximum atomic E-state index is 11.2. The van der Waals surface area contributed by atoms with Crippen molar-refractivity contribution in [2.45, 2.75) is 18.7 Å². The van der Waals surface area contributed by atoms with Gasteiger partial charge in [0.2, 0.25) is 0 Å². The Morgan fingerprint density at radius 2 is 1.67 bits per heavy atom. The van der Waals surface area contributed by atoms with Crippen molar-refractivity contribution in [3.05, 3.63) is 24.6 Å². The number of halogens is 2. The van der Waals surface area contributed by atoms with Crippen LogP contribution in [-0.2, 0) is 4.79 Å². The Morgan fingerprint density at radius 1 is 1.25 bits per heavy atom. The number of nitrogens with zero attached hydrogens (tertiary/aromatic N) is 1. The van der Waals surface area contributed by atoms with Crippen LogP contribution in [0.1, 0.15) is 13.8 Å². The molecule has 0 radical (unpaired) electrons. The van der Waals surface area contributed by atoms with Crippen LogP contribution >= 0.6 is 23.2 Å². The van der Waals surface area contributed by atoms with Gasteiger partial charge >= 0.3 is 0 Å². The second-order valence-corrected chi connectivity index (χ2v) is 3.11. The Morgan fingerprint density at radius 3 is 1.92 bits per heavy atom. The minimum Gasteiger partial charge on any atom is -0.293 e. The van der Waals surface area contributed by atoms with Crippen molar-refractivity contribution in [3.63, 3.8) is 0 Å². The van der Waals surface area contributed by atoms with Gasteiger partial charge in [0.15, 0.2) is 4.84 Å². The lowest BCUT2D eigenvalue weighted by Gasteiger charge is -2.12. The summed E-state index contributed by atoms with van der Waals surface area (Å²) in [6.07, 6.45) is 6.66. The summed E-state index contributed by atoms with van der Waals surface area (Å²) in [6.45, 7) is 3.61. The van der Waals surface area contributed by atoms with E-state index in [0.717, 1.165) is 0 Å². The van der Waals surface area contributed by atoms with Gasteiger partial charge in [0.1, 0.15) is 0 Å². The molecule has 68 valence electrons. The van der Waals surface area contributed by atoms with E-state index < -0.39 is 4.84 Å². The molecule has 0 bridgehead atoms. The second-order valence-electron chi connectivity index (χ2n) is 2.01. The molecule has 1 amide bonds. The molecule has 0 saturated carbocycles. The van der Waals surface area contributed by atoms with Crippen molar-refractivity contribution >= 4 is 29.1 Å². The fourth-order valence-corrected chi connectivity index (χ4v) is 0.856. The highest BCUT2D eigenvalue weighted by Gasteiger charge is 2.15. The summed E-state index contributed by atoms with van der Waals surface area (Å²) in [5.41, 5.74) is 0. The van der Waals surface area contributed by atoms with Gasteiger partial charge in [-0.3, -0.25) is 9.69 Å². The van der Waals surface area contributed by atoms with Crippen molar-refractivity contribution in [1.29, 1.82) is 0 Å². The van der Waals surface area contributed by atoms with Crippen LogP contribution < -0.4 is 0 Å². The Balaban J connectivity index is 4.40. The van der Waals surface area contributed by atoms with Crippen LogP contribution in [0.25, 0.3) is 0 Å². The molecule has 0 aliphatic rings. The molecule has 4 heteroatoms. The normalized spacial score (nSPS) is 11.8. The summed E-state index contributed by atoms with van der Waals surface area (Å²) < 4.78 is 0. The summed E-state index contributed by atoms with van der Waals surface area (Å²) in [7, 11) is 0. The molecule has 0 heterocycles.